The number of hydrogen-bond donors (Lipinski definition) is 0. The molecule has 0 amide bonds. The zero-order chi connectivity index (χ0) is 16.2. The van der Waals surface area contributed by atoms with Crippen molar-refractivity contribution in [2.24, 2.45) is 0 Å². The minimum absolute atomic E-state index is 0.0840. The number of benzene rings is 1. The van der Waals surface area contributed by atoms with Crippen molar-refractivity contribution in [3.8, 4) is 0 Å². The van der Waals surface area contributed by atoms with Gasteiger partial charge in [0.05, 0.1) is 16.8 Å². The average molecular weight is 311 g/mol. The zero-order valence-electron chi connectivity index (χ0n) is 12.8. The molecule has 23 heavy (non-hydrogen) atoms. The van der Waals surface area contributed by atoms with Crippen molar-refractivity contribution in [2.75, 3.05) is 18.5 Å². The third kappa shape index (κ3) is 3.45. The van der Waals surface area contributed by atoms with Gasteiger partial charge in [0.1, 0.15) is 5.82 Å². The maximum Gasteiger partial charge on any atom is 0.270 e. The van der Waals surface area contributed by atoms with Gasteiger partial charge in [-0.1, -0.05) is 0 Å². The highest BCUT2D eigenvalue weighted by molar-refractivity contribution is 5.82. The molecule has 0 fully saturated rings. The van der Waals surface area contributed by atoms with E-state index in [1.165, 1.54) is 6.07 Å². The van der Waals surface area contributed by atoms with Crippen molar-refractivity contribution in [1.29, 1.82) is 0 Å². The summed E-state index contributed by atoms with van der Waals surface area (Å²) >= 11 is 0. The first-order valence-corrected chi connectivity index (χ1v) is 7.35. The molecule has 0 aliphatic rings. The van der Waals surface area contributed by atoms with Gasteiger partial charge in [0.2, 0.25) is 0 Å². The van der Waals surface area contributed by atoms with Gasteiger partial charge in [0, 0.05) is 50.0 Å². The topological polar surface area (TPSA) is 77.1 Å². The third-order valence-corrected chi connectivity index (χ3v) is 3.73. The van der Waals surface area contributed by atoms with Crippen LogP contribution < -0.4 is 4.90 Å². The molecule has 0 saturated carbocycles. The fraction of sp³-hybridized carbons (Fsp3) is 0.250. The van der Waals surface area contributed by atoms with Gasteiger partial charge in [0.15, 0.2) is 0 Å². The van der Waals surface area contributed by atoms with E-state index in [1.54, 1.807) is 24.7 Å². The Morgan fingerprint density at radius 2 is 2.17 bits per heavy atom. The second-order valence-corrected chi connectivity index (χ2v) is 5.38. The number of imidazole rings is 1. The van der Waals surface area contributed by atoms with Crippen LogP contribution in [0.2, 0.25) is 0 Å². The molecule has 0 N–H and O–H groups in total. The smallest absolute Gasteiger partial charge is 0.270 e. The number of rotatable bonds is 6. The Balaban J connectivity index is 1.69. The lowest BCUT2D eigenvalue weighted by atomic mass is 10.2. The molecule has 0 aliphatic carbocycles. The van der Waals surface area contributed by atoms with Crippen LogP contribution in [0.15, 0.2) is 49.1 Å². The lowest BCUT2D eigenvalue weighted by Gasteiger charge is -2.18. The number of nitro benzene ring substituents is 1. The molecule has 118 valence electrons. The van der Waals surface area contributed by atoms with Crippen LogP contribution in [0.25, 0.3) is 10.9 Å². The van der Waals surface area contributed by atoms with Gasteiger partial charge in [-0.3, -0.25) is 10.1 Å². The normalized spacial score (nSPS) is 10.8. The van der Waals surface area contributed by atoms with E-state index in [1.807, 2.05) is 29.9 Å². The Labute approximate surface area is 133 Å². The van der Waals surface area contributed by atoms with Crippen LogP contribution in [0.4, 0.5) is 11.5 Å². The van der Waals surface area contributed by atoms with Crippen molar-refractivity contribution in [1.82, 2.24) is 14.5 Å². The molecular formula is C16H17N5O2. The highest BCUT2D eigenvalue weighted by atomic mass is 16.6. The second kappa shape index (κ2) is 6.43. The Kier molecular flexibility index (Phi) is 4.18. The summed E-state index contributed by atoms with van der Waals surface area (Å²) in [5.41, 5.74) is 0.843. The average Bonchev–Trinajstić information content (AvgIpc) is 3.07. The van der Waals surface area contributed by atoms with Crippen molar-refractivity contribution >= 4 is 22.4 Å². The lowest BCUT2D eigenvalue weighted by molar-refractivity contribution is -0.384. The number of aromatic nitrogens is 3. The fourth-order valence-corrected chi connectivity index (χ4v) is 2.45. The SMILES string of the molecule is CN(CCCn1ccnc1)c1ccc2cc([N+](=O)[O-])ccc2n1. The van der Waals surface area contributed by atoms with Gasteiger partial charge in [-0.25, -0.2) is 9.97 Å². The van der Waals surface area contributed by atoms with E-state index in [2.05, 4.69) is 14.9 Å². The van der Waals surface area contributed by atoms with Crippen LogP contribution in [-0.2, 0) is 6.54 Å². The van der Waals surface area contributed by atoms with Crippen molar-refractivity contribution in [3.05, 3.63) is 59.2 Å². The number of nitro groups is 1. The maximum atomic E-state index is 10.8. The number of pyridine rings is 1. The Morgan fingerprint density at radius 3 is 2.91 bits per heavy atom. The molecule has 0 unspecified atom stereocenters. The highest BCUT2D eigenvalue weighted by Crippen LogP contribution is 2.22. The molecule has 2 heterocycles. The summed E-state index contributed by atoms with van der Waals surface area (Å²) in [5, 5.41) is 11.6. The number of fused-ring (bicyclic) bond motifs is 1. The molecule has 0 radical (unpaired) electrons. The van der Waals surface area contributed by atoms with Gasteiger partial charge in [0.25, 0.3) is 5.69 Å². The third-order valence-electron chi connectivity index (χ3n) is 3.73. The summed E-state index contributed by atoms with van der Waals surface area (Å²) < 4.78 is 2.04. The first kappa shape index (κ1) is 15.0. The van der Waals surface area contributed by atoms with Crippen LogP contribution in [0.3, 0.4) is 0 Å². The van der Waals surface area contributed by atoms with Crippen molar-refractivity contribution in [3.63, 3.8) is 0 Å². The Morgan fingerprint density at radius 1 is 1.30 bits per heavy atom. The quantitative estimate of drug-likeness (QED) is 0.517. The molecule has 7 heteroatoms. The van der Waals surface area contributed by atoms with Crippen LogP contribution in [-0.4, -0.2) is 33.1 Å². The standard InChI is InChI=1S/C16H17N5O2/c1-19(8-2-9-20-10-7-17-12-20)16-6-3-13-11-14(21(22)23)4-5-15(13)18-16/h3-7,10-12H,2,8-9H2,1H3. The zero-order valence-corrected chi connectivity index (χ0v) is 12.8. The molecule has 0 spiro atoms. The Bertz CT molecular complexity index is 816. The highest BCUT2D eigenvalue weighted by Gasteiger charge is 2.08. The van der Waals surface area contributed by atoms with E-state index < -0.39 is 4.92 Å². The fourth-order valence-electron chi connectivity index (χ4n) is 2.45. The lowest BCUT2D eigenvalue weighted by Crippen LogP contribution is -2.20. The van der Waals surface area contributed by atoms with E-state index in [0.29, 0.717) is 0 Å². The number of hydrogen-bond acceptors (Lipinski definition) is 5. The van der Waals surface area contributed by atoms with Gasteiger partial charge in [-0.2, -0.15) is 0 Å². The number of aryl methyl sites for hydroxylation is 1. The van der Waals surface area contributed by atoms with Crippen LogP contribution in [0.5, 0.6) is 0 Å². The van der Waals surface area contributed by atoms with Crippen LogP contribution in [0.1, 0.15) is 6.42 Å². The van der Waals surface area contributed by atoms with Gasteiger partial charge >= 0.3 is 0 Å². The van der Waals surface area contributed by atoms with E-state index in [4.69, 9.17) is 0 Å². The van der Waals surface area contributed by atoms with Crippen LogP contribution in [0, 0.1) is 10.1 Å². The summed E-state index contributed by atoms with van der Waals surface area (Å²) in [6, 6.07) is 8.49. The summed E-state index contributed by atoms with van der Waals surface area (Å²) in [5.74, 6) is 0.858. The monoisotopic (exact) mass is 311 g/mol. The second-order valence-electron chi connectivity index (χ2n) is 5.38. The summed E-state index contributed by atoms with van der Waals surface area (Å²) in [6.45, 7) is 1.77. The molecule has 0 bridgehead atoms. The van der Waals surface area contributed by atoms with E-state index >= 15 is 0 Å². The predicted octanol–water partition coefficient (Wildman–Crippen LogP) is 2.87. The number of non-ortho nitro benzene ring substituents is 1. The van der Waals surface area contributed by atoms with Crippen molar-refractivity contribution < 1.29 is 4.92 Å². The molecule has 0 atom stereocenters. The van der Waals surface area contributed by atoms with Gasteiger partial charge < -0.3 is 9.47 Å². The summed E-state index contributed by atoms with van der Waals surface area (Å²) in [4.78, 5) is 21.1. The summed E-state index contributed by atoms with van der Waals surface area (Å²) in [6.07, 6.45) is 6.50. The first-order valence-electron chi connectivity index (χ1n) is 7.35. The van der Waals surface area contributed by atoms with Crippen molar-refractivity contribution in [2.45, 2.75) is 13.0 Å². The van der Waals surface area contributed by atoms with Gasteiger partial charge in [-0.05, 0) is 24.6 Å². The molecule has 0 saturated heterocycles. The largest absolute Gasteiger partial charge is 0.360 e. The maximum absolute atomic E-state index is 10.8. The van der Waals surface area contributed by atoms with E-state index in [-0.39, 0.29) is 5.69 Å². The van der Waals surface area contributed by atoms with E-state index in [9.17, 15) is 10.1 Å². The molecular weight excluding hydrogens is 294 g/mol. The van der Waals surface area contributed by atoms with Gasteiger partial charge in [-0.15, -0.1) is 0 Å². The summed E-state index contributed by atoms with van der Waals surface area (Å²) in [7, 11) is 1.99. The molecule has 3 rings (SSSR count). The molecule has 3 aromatic rings. The van der Waals surface area contributed by atoms with E-state index in [0.717, 1.165) is 36.2 Å². The molecule has 7 nitrogen and oxygen atoms in total. The minimum Gasteiger partial charge on any atom is -0.360 e. The molecule has 2 aromatic heterocycles. The predicted molar refractivity (Wildman–Crippen MR) is 88.5 cm³/mol. The molecule has 1 aromatic carbocycles. The first-order chi connectivity index (χ1) is 11.1. The number of nitrogens with zero attached hydrogens (tertiary/aromatic N) is 5. The number of anilines is 1. The van der Waals surface area contributed by atoms with Crippen LogP contribution >= 0.6 is 0 Å². The minimum atomic E-state index is -0.393. The molecule has 0 aliphatic heterocycles. The Hall–Kier alpha value is -2.96.